The van der Waals surface area contributed by atoms with E-state index in [1.807, 2.05) is 56.0 Å². The van der Waals surface area contributed by atoms with Crippen molar-refractivity contribution in [2.75, 3.05) is 44.2 Å². The molecule has 1 aromatic carbocycles. The highest BCUT2D eigenvalue weighted by molar-refractivity contribution is 5.95. The van der Waals surface area contributed by atoms with Gasteiger partial charge in [-0.25, -0.2) is 4.79 Å². The lowest BCUT2D eigenvalue weighted by Gasteiger charge is -2.36. The molecule has 6 nitrogen and oxygen atoms in total. The molecule has 2 amide bonds. The molecule has 1 aliphatic rings. The van der Waals surface area contributed by atoms with Crippen LogP contribution < -0.4 is 4.90 Å². The maximum atomic E-state index is 13.1. The van der Waals surface area contributed by atoms with Gasteiger partial charge >= 0.3 is 6.09 Å². The lowest BCUT2D eigenvalue weighted by Crippen LogP contribution is -2.52. The first-order valence-corrected chi connectivity index (χ1v) is 15.4. The van der Waals surface area contributed by atoms with Crippen LogP contribution in [0.15, 0.2) is 30.3 Å². The van der Waals surface area contributed by atoms with Crippen LogP contribution in [0.4, 0.5) is 10.5 Å². The van der Waals surface area contributed by atoms with Crippen molar-refractivity contribution in [1.82, 2.24) is 9.80 Å². The molecule has 0 atom stereocenters. The third kappa shape index (κ3) is 13.6. The first kappa shape index (κ1) is 32.1. The van der Waals surface area contributed by atoms with Crippen molar-refractivity contribution in [1.29, 1.82) is 0 Å². The SMILES string of the molecule is CCCCCCCCCCCCCCCN1CCN(C(=O)CN(C(=O)OC(C)(C)C)c2ccccc2)CC1. The van der Waals surface area contributed by atoms with Crippen molar-refractivity contribution in [2.24, 2.45) is 0 Å². The molecule has 0 radical (unpaired) electrons. The second-order valence-corrected chi connectivity index (χ2v) is 11.9. The van der Waals surface area contributed by atoms with Gasteiger partial charge in [0.1, 0.15) is 12.1 Å². The van der Waals surface area contributed by atoms with Gasteiger partial charge in [0, 0.05) is 31.9 Å². The van der Waals surface area contributed by atoms with E-state index in [1.54, 1.807) is 0 Å². The van der Waals surface area contributed by atoms with Crippen molar-refractivity contribution < 1.29 is 14.3 Å². The Morgan fingerprint density at radius 2 is 1.26 bits per heavy atom. The van der Waals surface area contributed by atoms with E-state index in [1.165, 1.54) is 88.4 Å². The van der Waals surface area contributed by atoms with Gasteiger partial charge in [-0.2, -0.15) is 0 Å². The van der Waals surface area contributed by atoms with E-state index in [4.69, 9.17) is 4.74 Å². The molecule has 1 aliphatic heterocycles. The quantitative estimate of drug-likeness (QED) is 0.194. The van der Waals surface area contributed by atoms with Crippen molar-refractivity contribution >= 4 is 17.7 Å². The first-order valence-electron chi connectivity index (χ1n) is 15.4. The number of hydrogen-bond donors (Lipinski definition) is 0. The fraction of sp³-hybridized carbons (Fsp3) is 0.750. The summed E-state index contributed by atoms with van der Waals surface area (Å²) in [5.41, 5.74) is 0.0583. The number of piperazine rings is 1. The summed E-state index contributed by atoms with van der Waals surface area (Å²) >= 11 is 0. The summed E-state index contributed by atoms with van der Waals surface area (Å²) in [6.45, 7) is 12.2. The van der Waals surface area contributed by atoms with Crippen molar-refractivity contribution in [3.05, 3.63) is 30.3 Å². The second kappa shape index (κ2) is 18.3. The van der Waals surface area contributed by atoms with E-state index >= 15 is 0 Å². The Balaban J connectivity index is 1.59. The molecule has 1 saturated heterocycles. The Morgan fingerprint density at radius 3 is 1.76 bits per heavy atom. The molecule has 2 rings (SSSR count). The number of hydrogen-bond acceptors (Lipinski definition) is 4. The van der Waals surface area contributed by atoms with Crippen LogP contribution in [-0.4, -0.2) is 66.7 Å². The Kier molecular flexibility index (Phi) is 15.4. The number of unbranched alkanes of at least 4 members (excludes halogenated alkanes) is 12. The molecule has 216 valence electrons. The standard InChI is InChI=1S/C32H55N3O3/c1-5-6-7-8-9-10-11-12-13-14-15-16-20-23-33-24-26-34(27-25-33)30(36)28-35(29-21-18-17-19-22-29)31(37)38-32(2,3)4/h17-19,21-22H,5-16,20,23-28H2,1-4H3. The van der Waals surface area contributed by atoms with E-state index in [0.29, 0.717) is 18.8 Å². The Morgan fingerprint density at radius 1 is 0.763 bits per heavy atom. The minimum atomic E-state index is -0.619. The van der Waals surface area contributed by atoms with Gasteiger partial charge in [0.15, 0.2) is 0 Å². The molecule has 0 aromatic heterocycles. The number of ether oxygens (including phenoxy) is 1. The Bertz CT molecular complexity index is 770. The van der Waals surface area contributed by atoms with Gasteiger partial charge in [-0.05, 0) is 45.9 Å². The second-order valence-electron chi connectivity index (χ2n) is 11.9. The van der Waals surface area contributed by atoms with E-state index in [9.17, 15) is 9.59 Å². The maximum Gasteiger partial charge on any atom is 0.415 e. The van der Waals surface area contributed by atoms with Crippen LogP contribution in [0.1, 0.15) is 111 Å². The average Bonchev–Trinajstić information content (AvgIpc) is 2.89. The lowest BCUT2D eigenvalue weighted by atomic mass is 10.0. The van der Waals surface area contributed by atoms with Crippen molar-refractivity contribution in [3.8, 4) is 0 Å². The molecule has 1 aromatic rings. The molecule has 38 heavy (non-hydrogen) atoms. The van der Waals surface area contributed by atoms with Crippen LogP contribution >= 0.6 is 0 Å². The van der Waals surface area contributed by atoms with Crippen LogP contribution in [0.2, 0.25) is 0 Å². The van der Waals surface area contributed by atoms with E-state index < -0.39 is 11.7 Å². The molecule has 1 fully saturated rings. The van der Waals surface area contributed by atoms with Crippen molar-refractivity contribution in [3.63, 3.8) is 0 Å². The van der Waals surface area contributed by atoms with E-state index in [0.717, 1.165) is 19.6 Å². The van der Waals surface area contributed by atoms with Crippen LogP contribution in [0.3, 0.4) is 0 Å². The van der Waals surface area contributed by atoms with Gasteiger partial charge in [0.2, 0.25) is 5.91 Å². The molecule has 6 heteroatoms. The monoisotopic (exact) mass is 529 g/mol. The minimum Gasteiger partial charge on any atom is -0.443 e. The maximum absolute atomic E-state index is 13.1. The summed E-state index contributed by atoms with van der Waals surface area (Å²) in [6.07, 6.45) is 17.4. The lowest BCUT2D eigenvalue weighted by molar-refractivity contribution is -0.131. The largest absolute Gasteiger partial charge is 0.443 e. The smallest absolute Gasteiger partial charge is 0.415 e. The third-order valence-electron chi connectivity index (χ3n) is 7.28. The van der Waals surface area contributed by atoms with Crippen LogP contribution in [0.5, 0.6) is 0 Å². The Labute approximate surface area is 233 Å². The summed E-state index contributed by atoms with van der Waals surface area (Å²) < 4.78 is 5.58. The number of rotatable bonds is 17. The first-order chi connectivity index (χ1) is 18.3. The van der Waals surface area contributed by atoms with Gasteiger partial charge in [0.25, 0.3) is 0 Å². The zero-order valence-electron chi connectivity index (χ0n) is 24.9. The van der Waals surface area contributed by atoms with Crippen LogP contribution in [0, 0.1) is 0 Å². The predicted octanol–water partition coefficient (Wildman–Crippen LogP) is 7.66. The normalized spacial score (nSPS) is 14.5. The Hall–Kier alpha value is -2.08. The minimum absolute atomic E-state index is 0.00220. The molecule has 0 bridgehead atoms. The molecular weight excluding hydrogens is 474 g/mol. The fourth-order valence-corrected chi connectivity index (χ4v) is 5.00. The average molecular weight is 530 g/mol. The van der Waals surface area contributed by atoms with Gasteiger partial charge in [-0.1, -0.05) is 102 Å². The highest BCUT2D eigenvalue weighted by atomic mass is 16.6. The number of carbonyl (C=O) groups is 2. The number of amides is 2. The zero-order valence-corrected chi connectivity index (χ0v) is 24.9. The van der Waals surface area contributed by atoms with Crippen LogP contribution in [-0.2, 0) is 9.53 Å². The number of benzene rings is 1. The van der Waals surface area contributed by atoms with E-state index in [-0.39, 0.29) is 12.5 Å². The number of nitrogens with zero attached hydrogens (tertiary/aromatic N) is 3. The molecule has 0 saturated carbocycles. The molecule has 0 N–H and O–H groups in total. The number of anilines is 1. The summed E-state index contributed by atoms with van der Waals surface area (Å²) in [6, 6.07) is 9.31. The number of carbonyl (C=O) groups excluding carboxylic acids is 2. The summed E-state index contributed by atoms with van der Waals surface area (Å²) in [5, 5.41) is 0. The van der Waals surface area contributed by atoms with Gasteiger partial charge in [0.05, 0.1) is 0 Å². The number of para-hydroxylation sites is 1. The van der Waals surface area contributed by atoms with Gasteiger partial charge in [-0.15, -0.1) is 0 Å². The predicted molar refractivity (Wildman–Crippen MR) is 159 cm³/mol. The van der Waals surface area contributed by atoms with Crippen LogP contribution in [0.25, 0.3) is 0 Å². The topological polar surface area (TPSA) is 53.1 Å². The van der Waals surface area contributed by atoms with Crippen molar-refractivity contribution in [2.45, 2.75) is 117 Å². The molecule has 1 heterocycles. The zero-order chi connectivity index (χ0) is 27.6. The molecular formula is C32H55N3O3. The third-order valence-corrected chi connectivity index (χ3v) is 7.28. The highest BCUT2D eigenvalue weighted by Crippen LogP contribution is 2.19. The van der Waals surface area contributed by atoms with E-state index in [2.05, 4.69) is 11.8 Å². The van der Waals surface area contributed by atoms with Gasteiger partial charge < -0.3 is 9.64 Å². The molecule has 0 aliphatic carbocycles. The van der Waals surface area contributed by atoms with Gasteiger partial charge in [-0.3, -0.25) is 14.6 Å². The summed E-state index contributed by atoms with van der Waals surface area (Å²) in [5.74, 6) is -0.0275. The highest BCUT2D eigenvalue weighted by Gasteiger charge is 2.28. The summed E-state index contributed by atoms with van der Waals surface area (Å²) in [4.78, 5) is 31.8. The molecule has 0 unspecified atom stereocenters. The molecule has 0 spiro atoms. The fourth-order valence-electron chi connectivity index (χ4n) is 5.00. The summed E-state index contributed by atoms with van der Waals surface area (Å²) in [7, 11) is 0.